The summed E-state index contributed by atoms with van der Waals surface area (Å²) in [5.41, 5.74) is 1.01. The highest BCUT2D eigenvalue weighted by Gasteiger charge is 2.30. The van der Waals surface area contributed by atoms with Crippen LogP contribution < -0.4 is 5.84 Å². The summed E-state index contributed by atoms with van der Waals surface area (Å²) in [6.07, 6.45) is 0. The van der Waals surface area contributed by atoms with Crippen molar-refractivity contribution in [1.82, 2.24) is 9.91 Å². The third-order valence-electron chi connectivity index (χ3n) is 2.56. The molecule has 1 fully saturated rings. The Morgan fingerprint density at radius 2 is 1.75 bits per heavy atom. The van der Waals surface area contributed by atoms with Gasteiger partial charge in [0.05, 0.1) is 6.54 Å². The molecule has 0 aromatic heterocycles. The maximum absolute atomic E-state index is 11.6. The van der Waals surface area contributed by atoms with Gasteiger partial charge in [-0.15, -0.1) is 0 Å². The summed E-state index contributed by atoms with van der Waals surface area (Å²) in [5, 5.41) is 0.962. The second kappa shape index (κ2) is 4.32. The highest BCUT2D eigenvalue weighted by atomic mass is 16.2. The number of piperazine rings is 1. The SMILES string of the molecule is NN1CCN(Cc2ccccc2)C(=O)C1=O. The molecule has 2 amide bonds. The van der Waals surface area contributed by atoms with E-state index in [0.29, 0.717) is 19.6 Å². The molecule has 0 aliphatic carbocycles. The van der Waals surface area contributed by atoms with Crippen LogP contribution in [0, 0.1) is 0 Å². The minimum absolute atomic E-state index is 0.386. The monoisotopic (exact) mass is 219 g/mol. The second-order valence-electron chi connectivity index (χ2n) is 3.71. The van der Waals surface area contributed by atoms with Crippen LogP contribution in [0.4, 0.5) is 0 Å². The number of hydrogen-bond acceptors (Lipinski definition) is 3. The van der Waals surface area contributed by atoms with Gasteiger partial charge in [-0.25, -0.2) is 5.84 Å². The van der Waals surface area contributed by atoms with E-state index in [4.69, 9.17) is 5.84 Å². The molecule has 2 rings (SSSR count). The normalized spacial score (nSPS) is 16.8. The number of nitrogens with two attached hydrogens (primary N) is 1. The lowest BCUT2D eigenvalue weighted by Crippen LogP contribution is -2.56. The van der Waals surface area contributed by atoms with Gasteiger partial charge < -0.3 is 4.90 Å². The number of carbonyl (C=O) groups is 2. The van der Waals surface area contributed by atoms with E-state index in [9.17, 15) is 9.59 Å². The Morgan fingerprint density at radius 3 is 2.44 bits per heavy atom. The van der Waals surface area contributed by atoms with Crippen molar-refractivity contribution >= 4 is 11.8 Å². The smallest absolute Gasteiger partial charge is 0.326 e. The number of hydrazine groups is 1. The third-order valence-corrected chi connectivity index (χ3v) is 2.56. The number of benzene rings is 1. The largest absolute Gasteiger partial charge is 0.328 e. The summed E-state index contributed by atoms with van der Waals surface area (Å²) in [5.74, 6) is 4.19. The third kappa shape index (κ3) is 2.04. The van der Waals surface area contributed by atoms with E-state index < -0.39 is 11.8 Å². The maximum Gasteiger partial charge on any atom is 0.326 e. The van der Waals surface area contributed by atoms with Crippen molar-refractivity contribution in [1.29, 1.82) is 0 Å². The van der Waals surface area contributed by atoms with Crippen molar-refractivity contribution < 1.29 is 9.59 Å². The van der Waals surface area contributed by atoms with Gasteiger partial charge in [-0.3, -0.25) is 14.6 Å². The van der Waals surface area contributed by atoms with Crippen LogP contribution in [0.25, 0.3) is 0 Å². The summed E-state index contributed by atoms with van der Waals surface area (Å²) >= 11 is 0. The molecule has 5 nitrogen and oxygen atoms in total. The zero-order valence-corrected chi connectivity index (χ0v) is 8.80. The first-order valence-corrected chi connectivity index (χ1v) is 5.08. The average Bonchev–Trinajstić information content (AvgIpc) is 2.31. The number of amides is 2. The molecule has 0 saturated carbocycles. The molecule has 1 aliphatic heterocycles. The van der Waals surface area contributed by atoms with Gasteiger partial charge >= 0.3 is 11.8 Å². The van der Waals surface area contributed by atoms with Crippen LogP contribution in [0.5, 0.6) is 0 Å². The summed E-state index contributed by atoms with van der Waals surface area (Å²) in [6.45, 7) is 1.33. The molecule has 0 spiro atoms. The van der Waals surface area contributed by atoms with Crippen molar-refractivity contribution in [3.8, 4) is 0 Å². The summed E-state index contributed by atoms with van der Waals surface area (Å²) in [4.78, 5) is 24.4. The molecule has 5 heteroatoms. The van der Waals surface area contributed by atoms with Gasteiger partial charge in [-0.2, -0.15) is 0 Å². The number of nitrogens with zero attached hydrogens (tertiary/aromatic N) is 2. The number of rotatable bonds is 2. The number of hydrogen-bond donors (Lipinski definition) is 1. The molecule has 1 saturated heterocycles. The molecule has 84 valence electrons. The highest BCUT2D eigenvalue weighted by Crippen LogP contribution is 2.08. The molecular formula is C11H13N3O2. The van der Waals surface area contributed by atoms with Gasteiger partial charge in [0.2, 0.25) is 0 Å². The van der Waals surface area contributed by atoms with Crippen LogP contribution >= 0.6 is 0 Å². The van der Waals surface area contributed by atoms with Gasteiger partial charge in [0.15, 0.2) is 0 Å². The lowest BCUT2D eigenvalue weighted by atomic mass is 10.2. The fraction of sp³-hybridized carbons (Fsp3) is 0.273. The quantitative estimate of drug-likeness (QED) is 0.423. The minimum atomic E-state index is -0.637. The standard InChI is InChI=1S/C11H13N3O2/c12-14-7-6-13(10(15)11(14)16)8-9-4-2-1-3-5-9/h1-5H,6-8,12H2. The van der Waals surface area contributed by atoms with Crippen LogP contribution in [0.3, 0.4) is 0 Å². The first-order valence-electron chi connectivity index (χ1n) is 5.08. The van der Waals surface area contributed by atoms with E-state index in [0.717, 1.165) is 10.6 Å². The molecule has 0 radical (unpaired) electrons. The minimum Gasteiger partial charge on any atom is -0.328 e. The topological polar surface area (TPSA) is 66.6 Å². The zero-order valence-electron chi connectivity index (χ0n) is 8.80. The Morgan fingerprint density at radius 1 is 1.06 bits per heavy atom. The van der Waals surface area contributed by atoms with E-state index in [1.165, 1.54) is 4.90 Å². The van der Waals surface area contributed by atoms with Crippen molar-refractivity contribution in [3.05, 3.63) is 35.9 Å². The highest BCUT2D eigenvalue weighted by molar-refractivity contribution is 6.35. The lowest BCUT2D eigenvalue weighted by molar-refractivity contribution is -0.156. The second-order valence-corrected chi connectivity index (χ2v) is 3.71. The molecule has 1 aromatic rings. The van der Waals surface area contributed by atoms with E-state index in [1.807, 2.05) is 30.3 Å². The Bertz CT molecular complexity index is 405. The van der Waals surface area contributed by atoms with Gasteiger partial charge in [-0.05, 0) is 5.56 Å². The molecule has 1 aliphatic rings. The van der Waals surface area contributed by atoms with Crippen LogP contribution in [0.15, 0.2) is 30.3 Å². The van der Waals surface area contributed by atoms with Crippen LogP contribution in [-0.4, -0.2) is 34.8 Å². The summed E-state index contributed by atoms with van der Waals surface area (Å²) < 4.78 is 0. The van der Waals surface area contributed by atoms with E-state index in [-0.39, 0.29) is 0 Å². The van der Waals surface area contributed by atoms with Crippen molar-refractivity contribution in [2.45, 2.75) is 6.54 Å². The fourth-order valence-corrected chi connectivity index (χ4v) is 1.64. The zero-order chi connectivity index (χ0) is 11.5. The molecule has 0 unspecified atom stereocenters. The average molecular weight is 219 g/mol. The van der Waals surface area contributed by atoms with Gasteiger partial charge in [-0.1, -0.05) is 30.3 Å². The Kier molecular flexibility index (Phi) is 2.87. The first-order chi connectivity index (χ1) is 7.68. The Balaban J connectivity index is 2.06. The molecular weight excluding hydrogens is 206 g/mol. The van der Waals surface area contributed by atoms with Gasteiger partial charge in [0, 0.05) is 13.1 Å². The molecule has 0 atom stereocenters. The van der Waals surface area contributed by atoms with Gasteiger partial charge in [0.1, 0.15) is 0 Å². The Labute approximate surface area is 93.4 Å². The van der Waals surface area contributed by atoms with E-state index >= 15 is 0 Å². The van der Waals surface area contributed by atoms with Crippen molar-refractivity contribution in [2.75, 3.05) is 13.1 Å². The fourth-order valence-electron chi connectivity index (χ4n) is 1.64. The molecule has 1 aromatic carbocycles. The number of carbonyl (C=O) groups excluding carboxylic acids is 2. The van der Waals surface area contributed by atoms with E-state index in [1.54, 1.807) is 0 Å². The van der Waals surface area contributed by atoms with Crippen LogP contribution in [-0.2, 0) is 16.1 Å². The summed E-state index contributed by atoms with van der Waals surface area (Å²) in [6, 6.07) is 9.56. The van der Waals surface area contributed by atoms with Crippen LogP contribution in [0.2, 0.25) is 0 Å². The Hall–Kier alpha value is -1.88. The predicted molar refractivity (Wildman–Crippen MR) is 57.8 cm³/mol. The molecule has 1 heterocycles. The van der Waals surface area contributed by atoms with Crippen molar-refractivity contribution in [3.63, 3.8) is 0 Å². The molecule has 0 bridgehead atoms. The molecule has 2 N–H and O–H groups in total. The summed E-state index contributed by atoms with van der Waals surface area (Å²) in [7, 11) is 0. The first kappa shape index (κ1) is 10.6. The lowest BCUT2D eigenvalue weighted by Gasteiger charge is -2.30. The molecule has 16 heavy (non-hydrogen) atoms. The predicted octanol–water partition coefficient (Wildman–Crippen LogP) is -0.269. The van der Waals surface area contributed by atoms with Crippen LogP contribution in [0.1, 0.15) is 5.56 Å². The van der Waals surface area contributed by atoms with Gasteiger partial charge in [0.25, 0.3) is 0 Å². The van der Waals surface area contributed by atoms with Crippen molar-refractivity contribution in [2.24, 2.45) is 5.84 Å². The maximum atomic E-state index is 11.6. The van der Waals surface area contributed by atoms with E-state index in [2.05, 4.69) is 0 Å².